The highest BCUT2D eigenvalue weighted by atomic mass is 16.7. The van der Waals surface area contributed by atoms with Crippen LogP contribution in [0.4, 0.5) is 0 Å². The Balaban J connectivity index is 1.71. The van der Waals surface area contributed by atoms with Crippen molar-refractivity contribution in [1.82, 2.24) is 0 Å². The first-order valence-corrected chi connectivity index (χ1v) is 11.8. The zero-order chi connectivity index (χ0) is 24.0. The van der Waals surface area contributed by atoms with Crippen molar-refractivity contribution in [3.63, 3.8) is 0 Å². The molecule has 0 fully saturated rings. The quantitative estimate of drug-likeness (QED) is 0.538. The Kier molecular flexibility index (Phi) is 6.23. The number of esters is 1. The van der Waals surface area contributed by atoms with Crippen molar-refractivity contribution in [3.05, 3.63) is 71.3 Å². The van der Waals surface area contributed by atoms with Crippen molar-refractivity contribution in [3.8, 4) is 0 Å². The Morgan fingerprint density at radius 2 is 1.91 bits per heavy atom. The van der Waals surface area contributed by atoms with E-state index in [-0.39, 0.29) is 41.8 Å². The van der Waals surface area contributed by atoms with Crippen molar-refractivity contribution in [2.24, 2.45) is 23.7 Å². The van der Waals surface area contributed by atoms with Crippen molar-refractivity contribution in [2.45, 2.75) is 65.0 Å². The standard InChI is InChI=1S/C28H34O5/c1-17(2)26-22-14-19(4)28(31)12-11-27(5,33-28)24(16-21(22)18(3)13-23(26)29)32-25(30)15-20-9-7-6-8-10-20/h6-14,17,21-22,24,26,31H,15-16H2,1-5H3/b19-14-/t21-,22-,24-,26+,27-,28+/m0/s1. The summed E-state index contributed by atoms with van der Waals surface area (Å²) in [5.74, 6) is -1.99. The summed E-state index contributed by atoms with van der Waals surface area (Å²) >= 11 is 0. The van der Waals surface area contributed by atoms with Crippen molar-refractivity contribution >= 4 is 11.8 Å². The normalized spacial score (nSPS) is 37.4. The van der Waals surface area contributed by atoms with Crippen LogP contribution < -0.4 is 0 Å². The number of carbonyl (C=O) groups is 2. The molecule has 1 N–H and O–H groups in total. The number of benzene rings is 1. The summed E-state index contributed by atoms with van der Waals surface area (Å²) in [6.07, 6.45) is 7.25. The number of ketones is 1. The fourth-order valence-corrected chi connectivity index (χ4v) is 5.57. The molecule has 0 saturated carbocycles. The lowest BCUT2D eigenvalue weighted by atomic mass is 9.65. The number of allylic oxidation sites excluding steroid dienone is 3. The molecular weight excluding hydrogens is 416 g/mol. The van der Waals surface area contributed by atoms with E-state index in [2.05, 4.69) is 13.8 Å². The van der Waals surface area contributed by atoms with Crippen LogP contribution in [0, 0.1) is 23.7 Å². The lowest BCUT2D eigenvalue weighted by molar-refractivity contribution is -0.215. The second-order valence-electron chi connectivity index (χ2n) is 10.3. The number of carbonyl (C=O) groups excluding carboxylic acids is 2. The van der Waals surface area contributed by atoms with Gasteiger partial charge in [-0.3, -0.25) is 9.59 Å². The van der Waals surface area contributed by atoms with E-state index in [1.54, 1.807) is 18.2 Å². The summed E-state index contributed by atoms with van der Waals surface area (Å²) in [4.78, 5) is 25.9. The summed E-state index contributed by atoms with van der Waals surface area (Å²) < 4.78 is 12.2. The Morgan fingerprint density at radius 3 is 2.58 bits per heavy atom. The van der Waals surface area contributed by atoms with Crippen LogP contribution in [0.1, 0.15) is 46.6 Å². The zero-order valence-corrected chi connectivity index (χ0v) is 20.1. The van der Waals surface area contributed by atoms with Gasteiger partial charge >= 0.3 is 5.97 Å². The molecule has 3 aliphatic rings. The highest BCUT2D eigenvalue weighted by Crippen LogP contribution is 2.48. The average Bonchev–Trinajstić information content (AvgIpc) is 3.07. The van der Waals surface area contributed by atoms with Gasteiger partial charge in [-0.1, -0.05) is 55.8 Å². The molecule has 0 saturated heterocycles. The van der Waals surface area contributed by atoms with Crippen molar-refractivity contribution in [1.29, 1.82) is 0 Å². The first-order chi connectivity index (χ1) is 15.5. The van der Waals surface area contributed by atoms with Gasteiger partial charge in [0, 0.05) is 5.92 Å². The van der Waals surface area contributed by atoms with Gasteiger partial charge < -0.3 is 14.6 Å². The van der Waals surface area contributed by atoms with Gasteiger partial charge in [0.25, 0.3) is 0 Å². The van der Waals surface area contributed by atoms with Crippen LogP contribution in [-0.2, 0) is 25.5 Å². The van der Waals surface area contributed by atoms with E-state index in [0.717, 1.165) is 11.1 Å². The summed E-state index contributed by atoms with van der Waals surface area (Å²) in [7, 11) is 0. The third-order valence-corrected chi connectivity index (χ3v) is 7.48. The lowest BCUT2D eigenvalue weighted by Crippen LogP contribution is -2.47. The fourth-order valence-electron chi connectivity index (χ4n) is 5.57. The van der Waals surface area contributed by atoms with Crippen LogP contribution in [0.15, 0.2) is 65.8 Å². The van der Waals surface area contributed by atoms with Gasteiger partial charge in [0.2, 0.25) is 5.79 Å². The molecule has 1 aromatic rings. The highest BCUT2D eigenvalue weighted by molar-refractivity contribution is 5.94. The van der Waals surface area contributed by atoms with Crippen LogP contribution in [0.25, 0.3) is 0 Å². The van der Waals surface area contributed by atoms with Gasteiger partial charge in [0.1, 0.15) is 11.7 Å². The van der Waals surface area contributed by atoms with Gasteiger partial charge in [-0.05, 0) is 74.3 Å². The minimum absolute atomic E-state index is 0.00338. The molecule has 33 heavy (non-hydrogen) atoms. The van der Waals surface area contributed by atoms with Crippen LogP contribution in [0.3, 0.4) is 0 Å². The summed E-state index contributed by atoms with van der Waals surface area (Å²) in [5.41, 5.74) is 1.53. The number of hydrogen-bond acceptors (Lipinski definition) is 5. The van der Waals surface area contributed by atoms with E-state index >= 15 is 0 Å². The number of rotatable bonds is 4. The molecular formula is C28H34O5. The van der Waals surface area contributed by atoms with Crippen LogP contribution in [0.5, 0.6) is 0 Å². The Labute approximate surface area is 196 Å². The molecule has 5 nitrogen and oxygen atoms in total. The first kappa shape index (κ1) is 23.7. The SMILES string of the molecule is CC1=CC(=O)[C@H](C(C)C)[C@H]2/C=C(/C)[C@@]3(O)C=C[C@](C)(O3)[C@@H](OC(=O)Cc3ccccc3)C[C@@H]12. The van der Waals surface area contributed by atoms with E-state index in [4.69, 9.17) is 9.47 Å². The Hall–Kier alpha value is -2.50. The Bertz CT molecular complexity index is 1020. The molecule has 0 amide bonds. The van der Waals surface area contributed by atoms with Gasteiger partial charge in [0.05, 0.1) is 6.42 Å². The molecule has 2 aliphatic heterocycles. The van der Waals surface area contributed by atoms with Crippen LogP contribution in [0.2, 0.25) is 0 Å². The topological polar surface area (TPSA) is 72.8 Å². The highest BCUT2D eigenvalue weighted by Gasteiger charge is 2.52. The molecule has 1 aliphatic carbocycles. The molecule has 1 aromatic carbocycles. The fraction of sp³-hybridized carbons (Fsp3) is 0.500. The monoisotopic (exact) mass is 450 g/mol. The number of fused-ring (bicyclic) bond motifs is 3. The summed E-state index contributed by atoms with van der Waals surface area (Å²) in [6.45, 7) is 9.77. The third kappa shape index (κ3) is 4.49. The second kappa shape index (κ2) is 8.69. The number of ether oxygens (including phenoxy) is 2. The van der Waals surface area contributed by atoms with E-state index in [9.17, 15) is 14.7 Å². The van der Waals surface area contributed by atoms with Crippen molar-refractivity contribution in [2.75, 3.05) is 0 Å². The molecule has 176 valence electrons. The molecule has 0 unspecified atom stereocenters. The molecule has 2 bridgehead atoms. The summed E-state index contributed by atoms with van der Waals surface area (Å²) in [5, 5.41) is 11.3. The van der Waals surface area contributed by atoms with Crippen molar-refractivity contribution < 1.29 is 24.2 Å². The molecule has 0 aromatic heterocycles. The van der Waals surface area contributed by atoms with E-state index in [1.165, 1.54) is 0 Å². The van der Waals surface area contributed by atoms with Gasteiger partial charge in [0.15, 0.2) is 5.78 Å². The second-order valence-corrected chi connectivity index (χ2v) is 10.3. The maximum absolute atomic E-state index is 13.0. The maximum Gasteiger partial charge on any atom is 0.310 e. The third-order valence-electron chi connectivity index (χ3n) is 7.48. The molecule has 0 spiro atoms. The minimum Gasteiger partial charge on any atom is -0.459 e. The number of aliphatic hydroxyl groups is 1. The molecule has 6 atom stereocenters. The van der Waals surface area contributed by atoms with E-state index < -0.39 is 17.5 Å². The molecule has 0 radical (unpaired) electrons. The summed E-state index contributed by atoms with van der Waals surface area (Å²) in [6, 6.07) is 9.49. The average molecular weight is 451 g/mol. The number of hydrogen-bond donors (Lipinski definition) is 1. The molecule has 5 heteroatoms. The predicted molar refractivity (Wildman–Crippen MR) is 126 cm³/mol. The van der Waals surface area contributed by atoms with Gasteiger partial charge in [-0.15, -0.1) is 0 Å². The molecule has 2 heterocycles. The molecule has 4 rings (SSSR count). The van der Waals surface area contributed by atoms with Gasteiger partial charge in [-0.2, -0.15) is 0 Å². The van der Waals surface area contributed by atoms with Crippen LogP contribution >= 0.6 is 0 Å². The largest absolute Gasteiger partial charge is 0.459 e. The van der Waals surface area contributed by atoms with E-state index in [1.807, 2.05) is 57.2 Å². The first-order valence-electron chi connectivity index (χ1n) is 11.8. The van der Waals surface area contributed by atoms with Crippen LogP contribution in [-0.4, -0.2) is 34.4 Å². The predicted octanol–water partition coefficient (Wildman–Crippen LogP) is 4.56. The lowest BCUT2D eigenvalue weighted by Gasteiger charge is -2.40. The Morgan fingerprint density at radius 1 is 1.21 bits per heavy atom. The van der Waals surface area contributed by atoms with Gasteiger partial charge in [-0.25, -0.2) is 0 Å². The maximum atomic E-state index is 13.0. The smallest absolute Gasteiger partial charge is 0.310 e. The van der Waals surface area contributed by atoms with E-state index in [0.29, 0.717) is 12.0 Å². The minimum atomic E-state index is -1.59. The zero-order valence-electron chi connectivity index (χ0n) is 20.1.